The van der Waals surface area contributed by atoms with Crippen molar-refractivity contribution in [2.45, 2.75) is 18.4 Å². The number of benzene rings is 1. The van der Waals surface area contributed by atoms with Crippen molar-refractivity contribution in [3.8, 4) is 0 Å². The summed E-state index contributed by atoms with van der Waals surface area (Å²) in [5, 5.41) is 7.25. The molecule has 6 heteroatoms. The number of amides is 1. The van der Waals surface area contributed by atoms with Crippen molar-refractivity contribution in [3.05, 3.63) is 53.4 Å². The van der Waals surface area contributed by atoms with Crippen LogP contribution in [0.15, 0.2) is 40.9 Å². The first-order valence-corrected chi connectivity index (χ1v) is 9.38. The topological polar surface area (TPSA) is 61.6 Å². The number of carbonyl (C=O) groups excluding carboxylic acids is 1. The Morgan fingerprint density at radius 1 is 1.19 bits per heavy atom. The number of nitrogens with zero attached hydrogens (tertiary/aromatic N) is 3. The minimum atomic E-state index is -0.127. The Labute approximate surface area is 153 Å². The van der Waals surface area contributed by atoms with Crippen molar-refractivity contribution in [1.29, 1.82) is 0 Å². The zero-order chi connectivity index (χ0) is 17.7. The molecule has 3 atom stereocenters. The summed E-state index contributed by atoms with van der Waals surface area (Å²) in [6, 6.07) is 12.5. The molecule has 0 spiro atoms. The summed E-state index contributed by atoms with van der Waals surface area (Å²) >= 11 is 0. The van der Waals surface area contributed by atoms with E-state index >= 15 is 0 Å². The molecule has 26 heavy (non-hydrogen) atoms. The van der Waals surface area contributed by atoms with E-state index in [0.717, 1.165) is 39.3 Å². The normalized spacial score (nSPS) is 35.3. The van der Waals surface area contributed by atoms with E-state index in [1.54, 1.807) is 6.07 Å². The highest BCUT2D eigenvalue weighted by atomic mass is 16.5. The van der Waals surface area contributed by atoms with Crippen molar-refractivity contribution in [2.24, 2.45) is 5.92 Å². The van der Waals surface area contributed by atoms with E-state index in [9.17, 15) is 4.79 Å². The molecule has 6 nitrogen and oxygen atoms in total. The average Bonchev–Trinajstić information content (AvgIpc) is 2.93. The molecule has 1 aromatic heterocycles. The van der Waals surface area contributed by atoms with Crippen LogP contribution in [0.4, 0.5) is 0 Å². The van der Waals surface area contributed by atoms with Crippen molar-refractivity contribution >= 4 is 5.91 Å². The molecule has 1 N–H and O–H groups in total. The highest BCUT2D eigenvalue weighted by Gasteiger charge is 2.55. The van der Waals surface area contributed by atoms with E-state index in [4.69, 9.17) is 4.52 Å². The molecule has 0 aliphatic carbocycles. The highest BCUT2D eigenvalue weighted by Crippen LogP contribution is 2.43. The second-order valence-corrected chi connectivity index (χ2v) is 8.03. The first-order chi connectivity index (χ1) is 12.6. The molecule has 3 unspecified atom stereocenters. The van der Waals surface area contributed by atoms with Gasteiger partial charge in [-0.25, -0.2) is 0 Å². The van der Waals surface area contributed by atoms with Crippen LogP contribution in [-0.4, -0.2) is 66.2 Å². The van der Waals surface area contributed by atoms with Crippen molar-refractivity contribution in [1.82, 2.24) is 20.3 Å². The molecular formula is C20H24N4O2. The van der Waals surface area contributed by atoms with Crippen LogP contribution >= 0.6 is 0 Å². The molecule has 6 rings (SSSR count). The zero-order valence-corrected chi connectivity index (χ0v) is 15.0. The summed E-state index contributed by atoms with van der Waals surface area (Å²) in [6.45, 7) is 8.13. The smallest absolute Gasteiger partial charge is 0.273 e. The second kappa shape index (κ2) is 5.93. The molecular weight excluding hydrogens is 328 g/mol. The van der Waals surface area contributed by atoms with Gasteiger partial charge in [-0.1, -0.05) is 35.5 Å². The highest BCUT2D eigenvalue weighted by molar-refractivity contribution is 5.92. The first kappa shape index (κ1) is 16.0. The van der Waals surface area contributed by atoms with Gasteiger partial charge in [0.2, 0.25) is 0 Å². The van der Waals surface area contributed by atoms with Crippen LogP contribution in [0.25, 0.3) is 0 Å². The van der Waals surface area contributed by atoms with Gasteiger partial charge >= 0.3 is 0 Å². The van der Waals surface area contributed by atoms with E-state index in [0.29, 0.717) is 17.4 Å². The number of fused-ring (bicyclic) bond motifs is 1. The van der Waals surface area contributed by atoms with E-state index < -0.39 is 0 Å². The van der Waals surface area contributed by atoms with Crippen molar-refractivity contribution < 1.29 is 9.32 Å². The lowest BCUT2D eigenvalue weighted by atomic mass is 9.64. The van der Waals surface area contributed by atoms with E-state index in [2.05, 4.69) is 50.6 Å². The Morgan fingerprint density at radius 3 is 2.50 bits per heavy atom. The summed E-state index contributed by atoms with van der Waals surface area (Å²) in [7, 11) is 0. The van der Waals surface area contributed by atoms with Crippen LogP contribution in [0.2, 0.25) is 0 Å². The lowest BCUT2D eigenvalue weighted by Gasteiger charge is -2.55. The predicted octanol–water partition coefficient (Wildman–Crippen LogP) is 1.28. The predicted molar refractivity (Wildman–Crippen MR) is 97.0 cm³/mol. The van der Waals surface area contributed by atoms with Gasteiger partial charge in [0.05, 0.1) is 0 Å². The van der Waals surface area contributed by atoms with Gasteiger partial charge in [0.15, 0.2) is 5.69 Å². The molecule has 1 amide bonds. The quantitative estimate of drug-likeness (QED) is 0.902. The molecule has 0 radical (unpaired) electrons. The lowest BCUT2D eigenvalue weighted by Crippen LogP contribution is -2.70. The summed E-state index contributed by atoms with van der Waals surface area (Å²) in [5.74, 6) is 0.961. The minimum Gasteiger partial charge on any atom is -0.361 e. The number of hydrogen-bond donors (Lipinski definition) is 1. The third kappa shape index (κ3) is 2.47. The average molecular weight is 352 g/mol. The third-order valence-corrected chi connectivity index (χ3v) is 6.29. The fourth-order valence-corrected chi connectivity index (χ4v) is 5.26. The van der Waals surface area contributed by atoms with E-state index in [-0.39, 0.29) is 17.4 Å². The van der Waals surface area contributed by atoms with Gasteiger partial charge in [0, 0.05) is 62.7 Å². The number of nitrogens with one attached hydrogen (secondary N) is 1. The molecule has 1 aromatic carbocycles. The monoisotopic (exact) mass is 352 g/mol. The molecule has 0 saturated carbocycles. The standard InChI is InChI=1S/C20H24N4O2/c1-14-9-17(22-26-14)19(25)21-18-15-10-23-7-8-24(11-15)13-20(18,12-23)16-5-3-2-4-6-16/h2-6,9,15,18H,7-8,10-13H2,1H3,(H,21,25). The molecule has 2 aromatic rings. The van der Waals surface area contributed by atoms with Crippen LogP contribution in [0.1, 0.15) is 21.8 Å². The van der Waals surface area contributed by atoms with Crippen LogP contribution in [0.5, 0.6) is 0 Å². The Bertz CT molecular complexity index is 802. The molecule has 4 saturated heterocycles. The Morgan fingerprint density at radius 2 is 1.88 bits per heavy atom. The number of rotatable bonds is 3. The summed E-state index contributed by atoms with van der Waals surface area (Å²) in [4.78, 5) is 18.0. The van der Waals surface area contributed by atoms with Gasteiger partial charge < -0.3 is 19.6 Å². The Hall–Kier alpha value is -2.18. The summed E-state index contributed by atoms with van der Waals surface area (Å²) in [5.41, 5.74) is 1.62. The maximum Gasteiger partial charge on any atom is 0.273 e. The number of carbonyl (C=O) groups is 1. The second-order valence-electron chi connectivity index (χ2n) is 8.03. The van der Waals surface area contributed by atoms with Crippen LogP contribution in [-0.2, 0) is 5.41 Å². The number of aryl methyl sites for hydroxylation is 1. The summed E-state index contributed by atoms with van der Waals surface area (Å²) < 4.78 is 5.10. The van der Waals surface area contributed by atoms with E-state index in [1.807, 2.05) is 6.92 Å². The van der Waals surface area contributed by atoms with Gasteiger partial charge in [-0.15, -0.1) is 0 Å². The van der Waals surface area contributed by atoms with Gasteiger partial charge in [0.1, 0.15) is 5.76 Å². The Kier molecular flexibility index (Phi) is 3.65. The van der Waals surface area contributed by atoms with E-state index in [1.165, 1.54) is 5.56 Å². The maximum atomic E-state index is 12.8. The maximum absolute atomic E-state index is 12.8. The number of aromatic nitrogens is 1. The molecule has 4 bridgehead atoms. The molecule has 136 valence electrons. The molecule has 5 heterocycles. The SMILES string of the molecule is Cc1cc(C(=O)NC2C3CN4CCN(C3)CC2(c2ccccc2)C4)no1. The van der Waals surface area contributed by atoms with Gasteiger partial charge in [-0.05, 0) is 12.5 Å². The van der Waals surface area contributed by atoms with Gasteiger partial charge in [-0.3, -0.25) is 4.79 Å². The molecule has 4 fully saturated rings. The lowest BCUT2D eigenvalue weighted by molar-refractivity contribution is 0.0178. The van der Waals surface area contributed by atoms with Crippen molar-refractivity contribution in [3.63, 3.8) is 0 Å². The largest absolute Gasteiger partial charge is 0.361 e. The molecule has 4 aliphatic heterocycles. The number of hydrogen-bond acceptors (Lipinski definition) is 5. The van der Waals surface area contributed by atoms with Crippen LogP contribution in [0, 0.1) is 12.8 Å². The van der Waals surface area contributed by atoms with Crippen LogP contribution in [0.3, 0.4) is 0 Å². The Balaban J connectivity index is 1.53. The fraction of sp³-hybridized carbons (Fsp3) is 0.500. The van der Waals surface area contributed by atoms with Crippen molar-refractivity contribution in [2.75, 3.05) is 39.3 Å². The van der Waals surface area contributed by atoms with Gasteiger partial charge in [0.25, 0.3) is 5.91 Å². The van der Waals surface area contributed by atoms with Gasteiger partial charge in [-0.2, -0.15) is 0 Å². The first-order valence-electron chi connectivity index (χ1n) is 9.38. The molecule has 4 aliphatic rings. The number of piperidine rings is 2. The summed E-state index contributed by atoms with van der Waals surface area (Å²) in [6.07, 6.45) is 0. The minimum absolute atomic E-state index is 0.0760. The fourth-order valence-electron chi connectivity index (χ4n) is 5.26. The van der Waals surface area contributed by atoms with Crippen LogP contribution < -0.4 is 5.32 Å². The third-order valence-electron chi connectivity index (χ3n) is 6.29. The zero-order valence-electron chi connectivity index (χ0n) is 15.0.